The number of methoxy groups -OCH3 is 1. The molecule has 6 heteroatoms. The van der Waals surface area contributed by atoms with Crippen LogP contribution in [-0.2, 0) is 17.6 Å². The lowest BCUT2D eigenvalue weighted by Crippen LogP contribution is -2.30. The van der Waals surface area contributed by atoms with Crippen LogP contribution in [0.1, 0.15) is 52.7 Å². The van der Waals surface area contributed by atoms with E-state index in [9.17, 15) is 4.79 Å². The highest BCUT2D eigenvalue weighted by Crippen LogP contribution is 2.26. The van der Waals surface area contributed by atoms with Crippen molar-refractivity contribution in [2.75, 3.05) is 13.7 Å². The number of hydrogen-bond acceptors (Lipinski definition) is 4. The van der Waals surface area contributed by atoms with Gasteiger partial charge in [0.15, 0.2) is 5.69 Å². The molecular weight excluding hydrogens is 328 g/mol. The fraction of sp³-hybridized carbons (Fsp3) is 0.444. The third kappa shape index (κ3) is 3.62. The molecule has 0 saturated carbocycles. The summed E-state index contributed by atoms with van der Waals surface area (Å²) in [5.41, 5.74) is 2.21. The van der Waals surface area contributed by atoms with E-state index < -0.39 is 0 Å². The van der Waals surface area contributed by atoms with Gasteiger partial charge in [-0.2, -0.15) is 0 Å². The van der Waals surface area contributed by atoms with Gasteiger partial charge in [0, 0.05) is 36.2 Å². The Morgan fingerprint density at radius 3 is 2.92 bits per heavy atom. The molecule has 0 bridgehead atoms. The van der Waals surface area contributed by atoms with Crippen LogP contribution in [-0.4, -0.2) is 24.7 Å². The number of amides is 1. The van der Waals surface area contributed by atoms with Crippen molar-refractivity contribution in [1.82, 2.24) is 10.5 Å². The molecule has 24 heavy (non-hydrogen) atoms. The van der Waals surface area contributed by atoms with Gasteiger partial charge >= 0.3 is 0 Å². The molecular formula is C18H21ClN2O3. The van der Waals surface area contributed by atoms with Crippen molar-refractivity contribution in [3.63, 3.8) is 0 Å². The normalized spacial score (nSPS) is 15.4. The smallest absolute Gasteiger partial charge is 0.273 e. The first-order valence-corrected chi connectivity index (χ1v) is 8.61. The van der Waals surface area contributed by atoms with Crippen LogP contribution in [0.2, 0.25) is 5.02 Å². The molecule has 1 N–H and O–H groups in total. The molecule has 1 aliphatic rings. The van der Waals surface area contributed by atoms with Crippen molar-refractivity contribution >= 4 is 17.5 Å². The van der Waals surface area contributed by atoms with E-state index in [1.807, 2.05) is 24.3 Å². The summed E-state index contributed by atoms with van der Waals surface area (Å²) in [5.74, 6) is 0.628. The Hall–Kier alpha value is -1.85. The van der Waals surface area contributed by atoms with Gasteiger partial charge < -0.3 is 14.6 Å². The lowest BCUT2D eigenvalue weighted by molar-refractivity contribution is 0.0820. The first-order valence-electron chi connectivity index (χ1n) is 8.23. The zero-order chi connectivity index (χ0) is 16.9. The summed E-state index contributed by atoms with van der Waals surface area (Å²) in [6, 6.07) is 7.46. The topological polar surface area (TPSA) is 64.4 Å². The molecule has 0 unspecified atom stereocenters. The minimum atomic E-state index is -0.312. The average molecular weight is 349 g/mol. The summed E-state index contributed by atoms with van der Waals surface area (Å²) in [4.78, 5) is 12.5. The molecule has 1 aromatic carbocycles. The fourth-order valence-electron chi connectivity index (χ4n) is 3.07. The fourth-order valence-corrected chi connectivity index (χ4v) is 3.32. The molecule has 5 nitrogen and oxygen atoms in total. The van der Waals surface area contributed by atoms with Crippen LogP contribution in [0, 0.1) is 0 Å². The molecule has 1 aromatic heterocycles. The van der Waals surface area contributed by atoms with Crippen molar-refractivity contribution in [1.29, 1.82) is 0 Å². The Morgan fingerprint density at radius 2 is 2.12 bits per heavy atom. The van der Waals surface area contributed by atoms with Crippen LogP contribution in [0.4, 0.5) is 0 Å². The number of ether oxygens (including phenoxy) is 1. The van der Waals surface area contributed by atoms with E-state index in [0.717, 1.165) is 49.0 Å². The third-order valence-corrected chi connectivity index (χ3v) is 4.74. The molecule has 2 aromatic rings. The van der Waals surface area contributed by atoms with Gasteiger partial charge in [0.1, 0.15) is 11.9 Å². The standard InChI is InChI=1S/C18H21ClN2O3/c1-23-16(12-7-5-6-9-14(12)19)11-20-18(22)17-13-8-3-2-4-10-15(13)24-21-17/h5-7,9,16H,2-4,8,10-11H2,1H3,(H,20,22)/t16-/m1/s1. The summed E-state index contributed by atoms with van der Waals surface area (Å²) in [5, 5.41) is 7.49. The zero-order valence-corrected chi connectivity index (χ0v) is 14.4. The first-order chi connectivity index (χ1) is 11.7. The second-order valence-corrected chi connectivity index (χ2v) is 6.36. The van der Waals surface area contributed by atoms with E-state index in [2.05, 4.69) is 10.5 Å². The molecule has 0 aliphatic heterocycles. The van der Waals surface area contributed by atoms with E-state index in [-0.39, 0.29) is 12.0 Å². The number of carbonyl (C=O) groups is 1. The van der Waals surface area contributed by atoms with Gasteiger partial charge in [-0.3, -0.25) is 4.79 Å². The summed E-state index contributed by atoms with van der Waals surface area (Å²) >= 11 is 6.21. The van der Waals surface area contributed by atoms with Gasteiger partial charge in [-0.1, -0.05) is 41.4 Å². The Kier molecular flexibility index (Phi) is 5.53. The molecule has 0 spiro atoms. The quantitative estimate of drug-likeness (QED) is 0.836. The highest BCUT2D eigenvalue weighted by atomic mass is 35.5. The average Bonchev–Trinajstić information content (AvgIpc) is 2.85. The van der Waals surface area contributed by atoms with Crippen molar-refractivity contribution in [3.05, 3.63) is 51.9 Å². The molecule has 1 heterocycles. The number of fused-ring (bicyclic) bond motifs is 1. The number of benzene rings is 1. The SMILES string of the molecule is CO[C@H](CNC(=O)c1noc2c1CCCCC2)c1ccccc1Cl. The van der Waals surface area contributed by atoms with Gasteiger partial charge in [-0.15, -0.1) is 0 Å². The third-order valence-electron chi connectivity index (χ3n) is 4.40. The van der Waals surface area contributed by atoms with Crippen LogP contribution in [0.5, 0.6) is 0 Å². The monoisotopic (exact) mass is 348 g/mol. The van der Waals surface area contributed by atoms with E-state index in [0.29, 0.717) is 17.3 Å². The van der Waals surface area contributed by atoms with Crippen LogP contribution in [0.15, 0.2) is 28.8 Å². The lowest BCUT2D eigenvalue weighted by Gasteiger charge is -2.17. The molecule has 1 amide bonds. The number of hydrogen-bond donors (Lipinski definition) is 1. The Balaban J connectivity index is 1.69. The second kappa shape index (κ2) is 7.81. The van der Waals surface area contributed by atoms with Crippen LogP contribution >= 0.6 is 11.6 Å². The number of rotatable bonds is 5. The second-order valence-electron chi connectivity index (χ2n) is 5.95. The number of halogens is 1. The van der Waals surface area contributed by atoms with E-state index >= 15 is 0 Å². The predicted octanol–water partition coefficient (Wildman–Crippen LogP) is 3.71. The van der Waals surface area contributed by atoms with Gasteiger partial charge in [0.2, 0.25) is 0 Å². The number of nitrogens with zero attached hydrogens (tertiary/aromatic N) is 1. The maximum Gasteiger partial charge on any atom is 0.273 e. The van der Waals surface area contributed by atoms with Gasteiger partial charge in [0.05, 0.1) is 0 Å². The summed E-state index contributed by atoms with van der Waals surface area (Å²) in [7, 11) is 1.60. The molecule has 0 fully saturated rings. The minimum absolute atomic E-state index is 0.226. The molecule has 1 atom stereocenters. The molecule has 0 radical (unpaired) electrons. The molecule has 0 saturated heterocycles. The Morgan fingerprint density at radius 1 is 1.33 bits per heavy atom. The Bertz CT molecular complexity index is 714. The zero-order valence-electron chi connectivity index (χ0n) is 13.7. The van der Waals surface area contributed by atoms with Crippen LogP contribution in [0.25, 0.3) is 0 Å². The summed E-state index contributed by atoms with van der Waals surface area (Å²) in [6.07, 6.45) is 4.70. The van der Waals surface area contributed by atoms with E-state index in [1.54, 1.807) is 7.11 Å². The first kappa shape index (κ1) is 17.0. The maximum atomic E-state index is 12.5. The lowest BCUT2D eigenvalue weighted by atomic mass is 10.1. The van der Waals surface area contributed by atoms with Crippen molar-refractivity contribution < 1.29 is 14.1 Å². The molecule has 1 aliphatic carbocycles. The van der Waals surface area contributed by atoms with Crippen molar-refractivity contribution in [2.24, 2.45) is 0 Å². The Labute approximate surface area is 146 Å². The molecule has 3 rings (SSSR count). The largest absolute Gasteiger partial charge is 0.375 e. The number of aromatic nitrogens is 1. The van der Waals surface area contributed by atoms with E-state index in [1.165, 1.54) is 0 Å². The van der Waals surface area contributed by atoms with Crippen molar-refractivity contribution in [2.45, 2.75) is 38.2 Å². The predicted molar refractivity (Wildman–Crippen MR) is 91.3 cm³/mol. The van der Waals surface area contributed by atoms with E-state index in [4.69, 9.17) is 20.9 Å². The van der Waals surface area contributed by atoms with Crippen molar-refractivity contribution in [3.8, 4) is 0 Å². The van der Waals surface area contributed by atoms with Crippen LogP contribution in [0.3, 0.4) is 0 Å². The maximum absolute atomic E-state index is 12.5. The van der Waals surface area contributed by atoms with Gasteiger partial charge in [-0.05, 0) is 25.3 Å². The number of nitrogens with one attached hydrogen (secondary N) is 1. The summed E-state index contributed by atoms with van der Waals surface area (Å²) < 4.78 is 10.8. The number of aryl methyl sites for hydroxylation is 1. The molecule has 128 valence electrons. The minimum Gasteiger partial charge on any atom is -0.375 e. The van der Waals surface area contributed by atoms with Crippen LogP contribution < -0.4 is 5.32 Å². The number of carbonyl (C=O) groups excluding carboxylic acids is 1. The van der Waals surface area contributed by atoms with Gasteiger partial charge in [-0.25, -0.2) is 0 Å². The van der Waals surface area contributed by atoms with Gasteiger partial charge in [0.25, 0.3) is 5.91 Å². The highest BCUT2D eigenvalue weighted by Gasteiger charge is 2.24. The highest BCUT2D eigenvalue weighted by molar-refractivity contribution is 6.31. The summed E-state index contributed by atoms with van der Waals surface area (Å²) in [6.45, 7) is 0.320.